The number of rotatable bonds is 3. The third-order valence-electron chi connectivity index (χ3n) is 5.84. The van der Waals surface area contributed by atoms with E-state index in [0.717, 1.165) is 44.7 Å². The number of piperidine rings is 1. The second kappa shape index (κ2) is 8.78. The van der Waals surface area contributed by atoms with Crippen molar-refractivity contribution in [1.82, 2.24) is 19.3 Å². The second-order valence-electron chi connectivity index (χ2n) is 9.42. The summed E-state index contributed by atoms with van der Waals surface area (Å²) in [6.45, 7) is 14.8. The number of piperazine rings is 1. The van der Waals surface area contributed by atoms with Crippen molar-refractivity contribution < 1.29 is 14.3 Å². The van der Waals surface area contributed by atoms with Crippen molar-refractivity contribution >= 4 is 12.0 Å². The third-order valence-corrected chi connectivity index (χ3v) is 5.84. The number of aromatic nitrogens is 1. The van der Waals surface area contributed by atoms with Crippen LogP contribution >= 0.6 is 0 Å². The minimum Gasteiger partial charge on any atom is -0.444 e. The summed E-state index contributed by atoms with van der Waals surface area (Å²) in [6.07, 6.45) is 3.42. The molecule has 0 spiro atoms. The monoisotopic (exact) mass is 404 g/mol. The Balaban J connectivity index is 1.58. The molecule has 2 amide bonds. The lowest BCUT2D eigenvalue weighted by atomic mass is 10.0. The quantitative estimate of drug-likeness (QED) is 0.776. The normalized spacial score (nSPS) is 19.7. The summed E-state index contributed by atoms with van der Waals surface area (Å²) in [6, 6.07) is 4.64. The predicted molar refractivity (Wildman–Crippen MR) is 113 cm³/mol. The van der Waals surface area contributed by atoms with Gasteiger partial charge in [-0.15, -0.1) is 0 Å². The number of nitrogens with zero attached hydrogens (tertiary/aromatic N) is 4. The fraction of sp³-hybridized carbons (Fsp3) is 0.727. The van der Waals surface area contributed by atoms with E-state index in [1.165, 1.54) is 0 Å². The lowest BCUT2D eigenvalue weighted by molar-refractivity contribution is 0.0186. The van der Waals surface area contributed by atoms with E-state index in [9.17, 15) is 9.59 Å². The zero-order valence-electron chi connectivity index (χ0n) is 18.6. The van der Waals surface area contributed by atoms with Crippen LogP contribution in [0, 0.1) is 0 Å². The second-order valence-corrected chi connectivity index (χ2v) is 9.42. The van der Waals surface area contributed by atoms with Gasteiger partial charge in [0.2, 0.25) is 0 Å². The molecule has 2 saturated heterocycles. The van der Waals surface area contributed by atoms with Crippen molar-refractivity contribution in [1.29, 1.82) is 0 Å². The van der Waals surface area contributed by atoms with Gasteiger partial charge in [0.05, 0.1) is 0 Å². The SMILES string of the molecule is CC(C)N1CCN(C(=O)c2cccn2C2CCN(C(=O)OC(C)(C)C)CC2)CC1. The Hall–Kier alpha value is -2.02. The highest BCUT2D eigenvalue weighted by Crippen LogP contribution is 2.26. The molecular weight excluding hydrogens is 368 g/mol. The van der Waals surface area contributed by atoms with Crippen molar-refractivity contribution in [3.8, 4) is 0 Å². The molecule has 0 aromatic carbocycles. The maximum Gasteiger partial charge on any atom is 0.410 e. The van der Waals surface area contributed by atoms with E-state index < -0.39 is 5.60 Å². The van der Waals surface area contributed by atoms with Crippen LogP contribution in [0.2, 0.25) is 0 Å². The topological polar surface area (TPSA) is 58.0 Å². The highest BCUT2D eigenvalue weighted by Gasteiger charge is 2.30. The number of hydrogen-bond donors (Lipinski definition) is 0. The maximum absolute atomic E-state index is 13.1. The first-order chi connectivity index (χ1) is 13.7. The molecule has 2 aliphatic rings. The summed E-state index contributed by atoms with van der Waals surface area (Å²) in [4.78, 5) is 31.6. The summed E-state index contributed by atoms with van der Waals surface area (Å²) in [5.74, 6) is 0.118. The largest absolute Gasteiger partial charge is 0.444 e. The smallest absolute Gasteiger partial charge is 0.410 e. The number of amides is 2. The van der Waals surface area contributed by atoms with Gasteiger partial charge in [0, 0.05) is 57.5 Å². The minimum atomic E-state index is -0.479. The van der Waals surface area contributed by atoms with Crippen LogP contribution in [-0.2, 0) is 4.74 Å². The molecule has 7 nitrogen and oxygen atoms in total. The summed E-state index contributed by atoms with van der Waals surface area (Å²) in [5, 5.41) is 0. The van der Waals surface area contributed by atoms with Crippen LogP contribution in [0.1, 0.15) is 64.0 Å². The molecule has 29 heavy (non-hydrogen) atoms. The van der Waals surface area contributed by atoms with Gasteiger partial charge in [0.1, 0.15) is 11.3 Å². The van der Waals surface area contributed by atoms with E-state index in [1.807, 2.05) is 44.0 Å². The Bertz CT molecular complexity index is 706. The zero-order chi connectivity index (χ0) is 21.2. The van der Waals surface area contributed by atoms with E-state index >= 15 is 0 Å². The standard InChI is InChI=1S/C22H36N4O3/c1-17(2)23-13-15-24(16-14-23)20(27)19-7-6-10-26(19)18-8-11-25(12-9-18)21(28)29-22(3,4)5/h6-7,10,17-18H,8-9,11-16H2,1-5H3. The number of ether oxygens (including phenoxy) is 1. The fourth-order valence-corrected chi connectivity index (χ4v) is 4.15. The fourth-order valence-electron chi connectivity index (χ4n) is 4.15. The van der Waals surface area contributed by atoms with Crippen LogP contribution in [0.15, 0.2) is 18.3 Å². The highest BCUT2D eigenvalue weighted by molar-refractivity contribution is 5.93. The first-order valence-electron chi connectivity index (χ1n) is 10.8. The number of likely N-dealkylation sites (tertiary alicyclic amines) is 1. The summed E-state index contributed by atoms with van der Waals surface area (Å²) >= 11 is 0. The number of carbonyl (C=O) groups is 2. The minimum absolute atomic E-state index is 0.118. The molecule has 3 rings (SSSR count). The molecule has 0 radical (unpaired) electrons. The van der Waals surface area contributed by atoms with E-state index in [2.05, 4.69) is 23.3 Å². The van der Waals surface area contributed by atoms with E-state index in [4.69, 9.17) is 4.74 Å². The molecule has 3 heterocycles. The van der Waals surface area contributed by atoms with Gasteiger partial charge in [-0.05, 0) is 59.6 Å². The van der Waals surface area contributed by atoms with Crippen LogP contribution < -0.4 is 0 Å². The van der Waals surface area contributed by atoms with E-state index in [-0.39, 0.29) is 18.0 Å². The first kappa shape index (κ1) is 21.7. The van der Waals surface area contributed by atoms with Gasteiger partial charge in [-0.3, -0.25) is 9.69 Å². The Kier molecular flexibility index (Phi) is 6.56. The molecule has 1 aromatic heterocycles. The van der Waals surface area contributed by atoms with Crippen LogP contribution in [0.25, 0.3) is 0 Å². The van der Waals surface area contributed by atoms with Gasteiger partial charge in [0.25, 0.3) is 5.91 Å². The van der Waals surface area contributed by atoms with Gasteiger partial charge in [0.15, 0.2) is 0 Å². The number of hydrogen-bond acceptors (Lipinski definition) is 4. The lowest BCUT2D eigenvalue weighted by Crippen LogP contribution is -2.51. The van der Waals surface area contributed by atoms with Crippen molar-refractivity contribution in [3.63, 3.8) is 0 Å². The van der Waals surface area contributed by atoms with E-state index in [1.54, 1.807) is 4.90 Å². The molecule has 0 unspecified atom stereocenters. The molecule has 2 aliphatic heterocycles. The van der Waals surface area contributed by atoms with Crippen LogP contribution in [0.3, 0.4) is 0 Å². The van der Waals surface area contributed by atoms with Crippen molar-refractivity contribution in [2.45, 2.75) is 65.1 Å². The first-order valence-corrected chi connectivity index (χ1v) is 10.8. The maximum atomic E-state index is 13.1. The van der Waals surface area contributed by atoms with E-state index in [0.29, 0.717) is 19.1 Å². The van der Waals surface area contributed by atoms with Crippen LogP contribution in [0.4, 0.5) is 4.79 Å². The Morgan fingerprint density at radius 2 is 1.62 bits per heavy atom. The number of carbonyl (C=O) groups excluding carboxylic acids is 2. The van der Waals surface area contributed by atoms with Crippen molar-refractivity contribution in [2.75, 3.05) is 39.3 Å². The molecule has 2 fully saturated rings. The Labute approximate surface area is 174 Å². The molecule has 162 valence electrons. The average Bonchev–Trinajstić information content (AvgIpc) is 3.16. The Morgan fingerprint density at radius 3 is 2.17 bits per heavy atom. The molecular formula is C22H36N4O3. The molecule has 0 aliphatic carbocycles. The third kappa shape index (κ3) is 5.32. The summed E-state index contributed by atoms with van der Waals surface area (Å²) < 4.78 is 7.60. The molecule has 7 heteroatoms. The summed E-state index contributed by atoms with van der Waals surface area (Å²) in [7, 11) is 0. The highest BCUT2D eigenvalue weighted by atomic mass is 16.6. The van der Waals surface area contributed by atoms with Crippen LogP contribution in [0.5, 0.6) is 0 Å². The zero-order valence-corrected chi connectivity index (χ0v) is 18.6. The van der Waals surface area contributed by atoms with Crippen LogP contribution in [-0.4, -0.2) is 82.2 Å². The molecule has 0 atom stereocenters. The van der Waals surface area contributed by atoms with Crippen molar-refractivity contribution in [2.24, 2.45) is 0 Å². The van der Waals surface area contributed by atoms with Gasteiger partial charge >= 0.3 is 6.09 Å². The lowest BCUT2D eigenvalue weighted by Gasteiger charge is -2.38. The van der Waals surface area contributed by atoms with Gasteiger partial charge in [-0.25, -0.2) is 4.79 Å². The average molecular weight is 405 g/mol. The summed E-state index contributed by atoms with van der Waals surface area (Å²) in [5.41, 5.74) is 0.284. The van der Waals surface area contributed by atoms with Gasteiger partial charge in [-0.2, -0.15) is 0 Å². The Morgan fingerprint density at radius 1 is 1.00 bits per heavy atom. The molecule has 1 aromatic rings. The van der Waals surface area contributed by atoms with Gasteiger partial charge in [-0.1, -0.05) is 0 Å². The molecule has 0 N–H and O–H groups in total. The molecule has 0 saturated carbocycles. The molecule has 0 bridgehead atoms. The predicted octanol–water partition coefficient (Wildman–Crippen LogP) is 3.23. The van der Waals surface area contributed by atoms with Gasteiger partial charge < -0.3 is 19.1 Å². The van der Waals surface area contributed by atoms with Crippen molar-refractivity contribution in [3.05, 3.63) is 24.0 Å².